The minimum Gasteiger partial charge on any atom is -0.449 e. The number of ether oxygens (including phenoxy) is 1. The zero-order chi connectivity index (χ0) is 24.0. The van der Waals surface area contributed by atoms with E-state index in [1.165, 1.54) is 16.5 Å². The Hall–Kier alpha value is -3.63. The van der Waals surface area contributed by atoms with E-state index in [1.807, 2.05) is 43.3 Å². The molecule has 1 amide bonds. The highest BCUT2D eigenvalue weighted by Gasteiger charge is 2.28. The minimum absolute atomic E-state index is 0.131. The summed E-state index contributed by atoms with van der Waals surface area (Å²) < 4.78 is 7.01. The molecule has 0 aliphatic rings. The molecule has 0 aliphatic carbocycles. The van der Waals surface area contributed by atoms with Crippen LogP contribution in [-0.4, -0.2) is 34.3 Å². The molecule has 0 aliphatic heterocycles. The zero-order valence-electron chi connectivity index (χ0n) is 18.8. The fourth-order valence-corrected chi connectivity index (χ4v) is 3.69. The number of carbonyl (C=O) groups is 2. The lowest BCUT2D eigenvalue weighted by Gasteiger charge is -2.25. The number of amides is 1. The topological polar surface area (TPSA) is 88.2 Å². The van der Waals surface area contributed by atoms with Crippen LogP contribution in [-0.2, 0) is 16.1 Å². The molecule has 0 saturated carbocycles. The second kappa shape index (κ2) is 10.8. The van der Waals surface area contributed by atoms with E-state index in [-0.39, 0.29) is 23.7 Å². The molecular formula is C25H25ClN4O3. The van der Waals surface area contributed by atoms with Crippen molar-refractivity contribution in [3.63, 3.8) is 0 Å². The lowest BCUT2D eigenvalue weighted by atomic mass is 10.1. The Kier molecular flexibility index (Phi) is 7.86. The van der Waals surface area contributed by atoms with Gasteiger partial charge in [0.15, 0.2) is 6.10 Å². The van der Waals surface area contributed by atoms with E-state index in [4.69, 9.17) is 21.6 Å². The van der Waals surface area contributed by atoms with E-state index < -0.39 is 18.0 Å². The van der Waals surface area contributed by atoms with Crippen molar-refractivity contribution in [3.05, 3.63) is 82.1 Å². The number of hydrogen-bond donors (Lipinski definition) is 0. The maximum atomic E-state index is 13.0. The van der Waals surface area contributed by atoms with Crippen LogP contribution in [0.3, 0.4) is 0 Å². The molecule has 3 rings (SSSR count). The van der Waals surface area contributed by atoms with Crippen LogP contribution >= 0.6 is 11.6 Å². The second-order valence-corrected chi connectivity index (χ2v) is 8.03. The van der Waals surface area contributed by atoms with Crippen molar-refractivity contribution >= 4 is 29.2 Å². The monoisotopic (exact) mass is 464 g/mol. The molecule has 1 heterocycles. The summed E-state index contributed by atoms with van der Waals surface area (Å²) in [5.41, 5.74) is 3.31. The third kappa shape index (κ3) is 5.79. The Morgan fingerprint density at radius 3 is 2.45 bits per heavy atom. The summed E-state index contributed by atoms with van der Waals surface area (Å²) in [5.74, 6) is -1.15. The van der Waals surface area contributed by atoms with Gasteiger partial charge in [0.25, 0.3) is 5.91 Å². The van der Waals surface area contributed by atoms with Gasteiger partial charge in [-0.1, -0.05) is 59.6 Å². The molecule has 170 valence electrons. The number of nitriles is 1. The number of hydrogen-bond acceptors (Lipinski definition) is 5. The van der Waals surface area contributed by atoms with Crippen LogP contribution in [0, 0.1) is 25.2 Å². The molecule has 1 atom stereocenters. The number of rotatable bonds is 8. The number of benzene rings is 2. The zero-order valence-corrected chi connectivity index (χ0v) is 19.5. The number of esters is 1. The standard InChI is InChI=1S/C25H25ClN4O3/c1-17-10-12-20(13-11-17)16-30-23(26)22(18(2)28-30)25(32)33-19(3)24(31)29(15-7-14-27)21-8-5-4-6-9-21/h4-6,8-13,19H,7,15-16H2,1-3H3. The van der Waals surface area contributed by atoms with Gasteiger partial charge in [0.1, 0.15) is 10.7 Å². The highest BCUT2D eigenvalue weighted by Crippen LogP contribution is 2.23. The minimum atomic E-state index is -1.08. The van der Waals surface area contributed by atoms with Crippen LogP contribution in [0.1, 0.15) is 40.5 Å². The molecule has 0 spiro atoms. The van der Waals surface area contributed by atoms with E-state index in [9.17, 15) is 9.59 Å². The molecule has 3 aromatic rings. The first-order chi connectivity index (χ1) is 15.8. The summed E-state index contributed by atoms with van der Waals surface area (Å²) in [4.78, 5) is 27.4. The third-order valence-corrected chi connectivity index (χ3v) is 5.52. The van der Waals surface area contributed by atoms with Gasteiger partial charge in [0.05, 0.1) is 24.7 Å². The first kappa shape index (κ1) is 24.0. The Morgan fingerprint density at radius 2 is 1.82 bits per heavy atom. The lowest BCUT2D eigenvalue weighted by Crippen LogP contribution is -2.40. The Morgan fingerprint density at radius 1 is 1.15 bits per heavy atom. The van der Waals surface area contributed by atoms with Crippen molar-refractivity contribution < 1.29 is 14.3 Å². The summed E-state index contributed by atoms with van der Waals surface area (Å²) in [5, 5.41) is 13.5. The second-order valence-electron chi connectivity index (χ2n) is 7.68. The highest BCUT2D eigenvalue weighted by molar-refractivity contribution is 6.32. The molecule has 0 fully saturated rings. The van der Waals surface area contributed by atoms with Gasteiger partial charge in [0, 0.05) is 12.2 Å². The Bertz CT molecular complexity index is 1170. The van der Waals surface area contributed by atoms with Gasteiger partial charge in [-0.2, -0.15) is 10.4 Å². The van der Waals surface area contributed by atoms with Crippen LogP contribution in [0.25, 0.3) is 0 Å². The van der Waals surface area contributed by atoms with Crippen LogP contribution in [0.5, 0.6) is 0 Å². The molecule has 0 radical (unpaired) electrons. The number of aryl methyl sites for hydroxylation is 2. The summed E-state index contributed by atoms with van der Waals surface area (Å²) in [6.07, 6.45) is -0.926. The van der Waals surface area contributed by atoms with E-state index >= 15 is 0 Å². The maximum Gasteiger partial charge on any atom is 0.343 e. The third-order valence-electron chi connectivity index (χ3n) is 5.14. The van der Waals surface area contributed by atoms with Crippen LogP contribution in [0.15, 0.2) is 54.6 Å². The number of nitrogens with zero attached hydrogens (tertiary/aromatic N) is 4. The van der Waals surface area contributed by atoms with Gasteiger partial charge in [-0.25, -0.2) is 9.48 Å². The molecule has 0 bridgehead atoms. The number of anilines is 1. The maximum absolute atomic E-state index is 13.0. The predicted molar refractivity (Wildman–Crippen MR) is 126 cm³/mol. The van der Waals surface area contributed by atoms with Gasteiger partial charge in [0.2, 0.25) is 0 Å². The van der Waals surface area contributed by atoms with Gasteiger partial charge < -0.3 is 9.64 Å². The molecule has 1 unspecified atom stereocenters. The van der Waals surface area contributed by atoms with E-state index in [0.717, 1.165) is 11.1 Å². The van der Waals surface area contributed by atoms with E-state index in [1.54, 1.807) is 31.2 Å². The molecule has 2 aromatic carbocycles. The molecular weight excluding hydrogens is 440 g/mol. The van der Waals surface area contributed by atoms with Gasteiger partial charge in [-0.15, -0.1) is 0 Å². The molecule has 7 nitrogen and oxygen atoms in total. The fraction of sp³-hybridized carbons (Fsp3) is 0.280. The smallest absolute Gasteiger partial charge is 0.343 e. The number of para-hydroxylation sites is 1. The van der Waals surface area contributed by atoms with Crippen molar-refractivity contribution in [1.82, 2.24) is 9.78 Å². The fourth-order valence-electron chi connectivity index (χ4n) is 3.38. The Labute approximate surface area is 198 Å². The predicted octanol–water partition coefficient (Wildman–Crippen LogP) is 4.69. The van der Waals surface area contributed by atoms with Crippen molar-refractivity contribution in [2.75, 3.05) is 11.4 Å². The summed E-state index contributed by atoms with van der Waals surface area (Å²) in [6, 6.07) is 18.9. The number of aromatic nitrogens is 2. The van der Waals surface area contributed by atoms with Gasteiger partial charge >= 0.3 is 5.97 Å². The highest BCUT2D eigenvalue weighted by atomic mass is 35.5. The van der Waals surface area contributed by atoms with Crippen molar-refractivity contribution in [1.29, 1.82) is 5.26 Å². The molecule has 33 heavy (non-hydrogen) atoms. The van der Waals surface area contributed by atoms with Crippen molar-refractivity contribution in [2.24, 2.45) is 0 Å². The number of halogens is 1. The first-order valence-electron chi connectivity index (χ1n) is 10.5. The van der Waals surface area contributed by atoms with Gasteiger partial charge in [-0.3, -0.25) is 4.79 Å². The first-order valence-corrected chi connectivity index (χ1v) is 10.9. The normalized spacial score (nSPS) is 11.5. The average Bonchev–Trinajstić information content (AvgIpc) is 3.08. The molecule has 0 N–H and O–H groups in total. The summed E-state index contributed by atoms with van der Waals surface area (Å²) in [6.45, 7) is 5.77. The molecule has 8 heteroatoms. The molecule has 0 saturated heterocycles. The van der Waals surface area contributed by atoms with E-state index in [0.29, 0.717) is 17.9 Å². The Balaban J connectivity index is 1.75. The van der Waals surface area contributed by atoms with Crippen LogP contribution < -0.4 is 4.90 Å². The largest absolute Gasteiger partial charge is 0.449 e. The van der Waals surface area contributed by atoms with Crippen LogP contribution in [0.4, 0.5) is 5.69 Å². The SMILES string of the molecule is Cc1ccc(Cn2nc(C)c(C(=O)OC(C)C(=O)N(CCC#N)c3ccccc3)c2Cl)cc1. The lowest BCUT2D eigenvalue weighted by molar-refractivity contribution is -0.126. The van der Waals surface area contributed by atoms with Crippen molar-refractivity contribution in [2.45, 2.75) is 39.8 Å². The van der Waals surface area contributed by atoms with E-state index in [2.05, 4.69) is 5.10 Å². The average molecular weight is 465 g/mol. The quantitative estimate of drug-likeness (QED) is 0.451. The van der Waals surface area contributed by atoms with Gasteiger partial charge in [-0.05, 0) is 38.5 Å². The number of carbonyl (C=O) groups excluding carboxylic acids is 2. The summed E-state index contributed by atoms with van der Waals surface area (Å²) >= 11 is 6.46. The summed E-state index contributed by atoms with van der Waals surface area (Å²) in [7, 11) is 0. The van der Waals surface area contributed by atoms with Crippen molar-refractivity contribution in [3.8, 4) is 6.07 Å². The van der Waals surface area contributed by atoms with Crippen LogP contribution in [0.2, 0.25) is 5.15 Å². The molecule has 1 aromatic heterocycles.